The summed E-state index contributed by atoms with van der Waals surface area (Å²) in [6, 6.07) is 3.56. The van der Waals surface area contributed by atoms with Crippen molar-refractivity contribution < 1.29 is 23.8 Å². The number of nitrogens with one attached hydrogen (secondary N) is 1. The Balaban J connectivity index is 1.87. The molecule has 3 atom stereocenters. The van der Waals surface area contributed by atoms with Crippen molar-refractivity contribution in [1.29, 1.82) is 0 Å². The fourth-order valence-electron chi connectivity index (χ4n) is 2.34. The summed E-state index contributed by atoms with van der Waals surface area (Å²) < 4.78 is 10.6. The van der Waals surface area contributed by atoms with Gasteiger partial charge < -0.3 is 19.6 Å². The molecule has 0 saturated carbocycles. The molecule has 2 N–H and O–H groups in total. The smallest absolute Gasteiger partial charge is 0.332 e. The third kappa shape index (κ3) is 3.83. The fourth-order valence-corrected chi connectivity index (χ4v) is 2.34. The average molecular weight is 296 g/mol. The number of carboxylic acid groups (broad SMARTS) is 1. The van der Waals surface area contributed by atoms with Crippen molar-refractivity contribution in [3.8, 4) is 0 Å². The molecule has 7 nitrogen and oxygen atoms in total. The van der Waals surface area contributed by atoms with Gasteiger partial charge in [0.25, 0.3) is 0 Å². The van der Waals surface area contributed by atoms with E-state index >= 15 is 0 Å². The van der Waals surface area contributed by atoms with E-state index < -0.39 is 18.2 Å². The monoisotopic (exact) mass is 296 g/mol. The van der Waals surface area contributed by atoms with Crippen molar-refractivity contribution in [2.75, 3.05) is 20.6 Å². The zero-order chi connectivity index (χ0) is 15.4. The van der Waals surface area contributed by atoms with Gasteiger partial charge in [-0.3, -0.25) is 9.69 Å². The average Bonchev–Trinajstić information content (AvgIpc) is 3.09. The largest absolute Gasteiger partial charge is 0.479 e. The molecule has 1 aromatic rings. The van der Waals surface area contributed by atoms with Gasteiger partial charge in [0, 0.05) is 6.54 Å². The highest BCUT2D eigenvalue weighted by molar-refractivity contribution is 5.82. The molecule has 0 aliphatic carbocycles. The molecule has 1 aliphatic heterocycles. The normalized spacial score (nSPS) is 23.2. The molecular formula is C14H20N2O5. The minimum absolute atomic E-state index is 0.0828. The van der Waals surface area contributed by atoms with Crippen molar-refractivity contribution in [1.82, 2.24) is 10.2 Å². The number of hydrogen-bond donors (Lipinski definition) is 2. The Kier molecular flexibility index (Phi) is 4.98. The van der Waals surface area contributed by atoms with E-state index in [-0.39, 0.29) is 11.9 Å². The van der Waals surface area contributed by atoms with Crippen LogP contribution >= 0.6 is 0 Å². The standard InChI is InChI=1S/C14H20N2O5/c1-16(2)9(10-4-3-7-20-10)8-15-13(17)11-5-6-12(21-11)14(18)19/h3-4,7,9,11-12H,5-6,8H2,1-2H3,(H,15,17)(H,18,19)/t9?,11-,12+/m0/s1. The Bertz CT molecular complexity index is 486. The predicted octanol–water partition coefficient (Wildman–Crippen LogP) is 0.631. The van der Waals surface area contributed by atoms with Gasteiger partial charge in [0.15, 0.2) is 6.10 Å². The van der Waals surface area contributed by atoms with E-state index in [0.717, 1.165) is 5.76 Å². The Hall–Kier alpha value is -1.86. The van der Waals surface area contributed by atoms with Crippen LogP contribution in [0.15, 0.2) is 22.8 Å². The van der Waals surface area contributed by atoms with Crippen LogP contribution < -0.4 is 5.32 Å². The molecule has 1 unspecified atom stereocenters. The molecule has 1 fully saturated rings. The molecular weight excluding hydrogens is 276 g/mol. The molecule has 2 heterocycles. The van der Waals surface area contributed by atoms with Crippen molar-refractivity contribution in [3.05, 3.63) is 24.2 Å². The third-order valence-corrected chi connectivity index (χ3v) is 3.55. The number of amides is 1. The van der Waals surface area contributed by atoms with E-state index in [1.165, 1.54) is 0 Å². The number of furan rings is 1. The van der Waals surface area contributed by atoms with E-state index in [9.17, 15) is 9.59 Å². The van der Waals surface area contributed by atoms with Crippen molar-refractivity contribution in [3.63, 3.8) is 0 Å². The molecule has 1 saturated heterocycles. The van der Waals surface area contributed by atoms with Crippen LogP contribution in [0.4, 0.5) is 0 Å². The van der Waals surface area contributed by atoms with E-state index in [0.29, 0.717) is 19.4 Å². The molecule has 1 aromatic heterocycles. The summed E-state index contributed by atoms with van der Waals surface area (Å²) in [7, 11) is 3.79. The fraction of sp³-hybridized carbons (Fsp3) is 0.571. The number of nitrogens with zero attached hydrogens (tertiary/aromatic N) is 1. The quantitative estimate of drug-likeness (QED) is 0.800. The van der Waals surface area contributed by atoms with E-state index in [2.05, 4.69) is 5.32 Å². The molecule has 21 heavy (non-hydrogen) atoms. The second kappa shape index (κ2) is 6.73. The highest BCUT2D eigenvalue weighted by atomic mass is 16.5. The molecule has 0 spiro atoms. The highest BCUT2D eigenvalue weighted by Crippen LogP contribution is 2.21. The van der Waals surface area contributed by atoms with Gasteiger partial charge in [-0.1, -0.05) is 0 Å². The summed E-state index contributed by atoms with van der Waals surface area (Å²) in [6.07, 6.45) is 0.811. The predicted molar refractivity (Wildman–Crippen MR) is 73.7 cm³/mol. The number of carbonyl (C=O) groups excluding carboxylic acids is 1. The molecule has 116 valence electrons. The first-order valence-corrected chi connectivity index (χ1v) is 6.85. The van der Waals surface area contributed by atoms with Gasteiger partial charge in [0.05, 0.1) is 12.3 Å². The zero-order valence-electron chi connectivity index (χ0n) is 12.1. The first kappa shape index (κ1) is 15.5. The first-order valence-electron chi connectivity index (χ1n) is 6.85. The summed E-state index contributed by atoms with van der Waals surface area (Å²) in [6.45, 7) is 0.372. The van der Waals surface area contributed by atoms with Crippen LogP contribution in [0, 0.1) is 0 Å². The highest BCUT2D eigenvalue weighted by Gasteiger charge is 2.35. The SMILES string of the molecule is CN(C)C(CNC(=O)[C@@H]1CC[C@H](C(=O)O)O1)c1ccco1. The Morgan fingerprint density at radius 2 is 2.14 bits per heavy atom. The van der Waals surface area contributed by atoms with E-state index in [1.807, 2.05) is 25.1 Å². The van der Waals surface area contributed by atoms with Gasteiger partial charge in [0.1, 0.15) is 11.9 Å². The van der Waals surface area contributed by atoms with Gasteiger partial charge >= 0.3 is 5.97 Å². The lowest BCUT2D eigenvalue weighted by Crippen LogP contribution is -2.40. The van der Waals surface area contributed by atoms with Gasteiger partial charge in [-0.05, 0) is 39.1 Å². The second-order valence-electron chi connectivity index (χ2n) is 5.27. The topological polar surface area (TPSA) is 92.0 Å². The molecule has 0 aromatic carbocycles. The number of carboxylic acids is 1. The van der Waals surface area contributed by atoms with Crippen LogP contribution in [0.5, 0.6) is 0 Å². The second-order valence-corrected chi connectivity index (χ2v) is 5.27. The summed E-state index contributed by atoms with van der Waals surface area (Å²) in [5.74, 6) is -0.541. The van der Waals surface area contributed by atoms with Crippen LogP contribution in [-0.2, 0) is 14.3 Å². The van der Waals surface area contributed by atoms with Crippen LogP contribution in [0.1, 0.15) is 24.6 Å². The minimum Gasteiger partial charge on any atom is -0.479 e. The van der Waals surface area contributed by atoms with Crippen LogP contribution in [0.2, 0.25) is 0 Å². The third-order valence-electron chi connectivity index (χ3n) is 3.55. The maximum absolute atomic E-state index is 12.0. The van der Waals surface area contributed by atoms with Crippen molar-refractivity contribution in [2.24, 2.45) is 0 Å². The summed E-state index contributed by atoms with van der Waals surface area (Å²) in [5.41, 5.74) is 0. The zero-order valence-corrected chi connectivity index (χ0v) is 12.1. The molecule has 0 bridgehead atoms. The summed E-state index contributed by atoms with van der Waals surface area (Å²) >= 11 is 0. The number of carbonyl (C=O) groups is 2. The Morgan fingerprint density at radius 1 is 1.43 bits per heavy atom. The van der Waals surface area contributed by atoms with Gasteiger partial charge in [0.2, 0.25) is 5.91 Å². The summed E-state index contributed by atoms with van der Waals surface area (Å²) in [5, 5.41) is 11.6. The van der Waals surface area contributed by atoms with Crippen LogP contribution in [0.3, 0.4) is 0 Å². The van der Waals surface area contributed by atoms with Crippen LogP contribution in [-0.4, -0.2) is 54.7 Å². The first-order chi connectivity index (χ1) is 9.99. The summed E-state index contributed by atoms with van der Waals surface area (Å²) in [4.78, 5) is 24.8. The van der Waals surface area contributed by atoms with E-state index in [4.69, 9.17) is 14.3 Å². The Morgan fingerprint density at radius 3 is 2.67 bits per heavy atom. The molecule has 0 radical (unpaired) electrons. The molecule has 1 amide bonds. The van der Waals surface area contributed by atoms with Gasteiger partial charge in [-0.15, -0.1) is 0 Å². The lowest BCUT2D eigenvalue weighted by Gasteiger charge is -2.23. The van der Waals surface area contributed by atoms with Gasteiger partial charge in [-0.2, -0.15) is 0 Å². The molecule has 7 heteroatoms. The van der Waals surface area contributed by atoms with E-state index in [1.54, 1.807) is 12.3 Å². The lowest BCUT2D eigenvalue weighted by molar-refractivity contribution is -0.151. The maximum atomic E-state index is 12.0. The Labute approximate surface area is 122 Å². The number of likely N-dealkylation sites (N-methyl/N-ethyl adjacent to an activating group) is 1. The number of rotatable bonds is 6. The number of ether oxygens (including phenoxy) is 1. The molecule has 2 rings (SSSR count). The number of aliphatic carboxylic acids is 1. The lowest BCUT2D eigenvalue weighted by atomic mass is 10.1. The van der Waals surface area contributed by atoms with Crippen molar-refractivity contribution in [2.45, 2.75) is 31.1 Å². The van der Waals surface area contributed by atoms with Crippen molar-refractivity contribution >= 4 is 11.9 Å². The number of hydrogen-bond acceptors (Lipinski definition) is 5. The maximum Gasteiger partial charge on any atom is 0.332 e. The minimum atomic E-state index is -1.02. The van der Waals surface area contributed by atoms with Gasteiger partial charge in [-0.25, -0.2) is 4.79 Å². The van der Waals surface area contributed by atoms with Crippen LogP contribution in [0.25, 0.3) is 0 Å². The molecule has 1 aliphatic rings.